The maximum Gasteiger partial charge on any atom is 0.410 e. The monoisotopic (exact) mass is 719 g/mol. The van der Waals surface area contributed by atoms with Crippen molar-refractivity contribution in [2.45, 2.75) is 173 Å². The number of ketones is 1. The second-order valence-electron chi connectivity index (χ2n) is 16.1. The summed E-state index contributed by atoms with van der Waals surface area (Å²) in [6.45, 7) is 15.3. The molecular formula is C41H70N2O8. The summed E-state index contributed by atoms with van der Waals surface area (Å²) in [5, 5.41) is 42.7. The molecular weight excluding hydrogens is 648 g/mol. The lowest BCUT2D eigenvalue weighted by atomic mass is 9.89. The molecule has 0 bridgehead atoms. The molecule has 9 atom stereocenters. The van der Waals surface area contributed by atoms with Crippen LogP contribution in [0.4, 0.5) is 4.79 Å². The third-order valence-electron chi connectivity index (χ3n) is 11.4. The molecule has 0 aromatic rings. The largest absolute Gasteiger partial charge is 0.439 e. The van der Waals surface area contributed by atoms with E-state index in [4.69, 9.17) is 9.47 Å². The van der Waals surface area contributed by atoms with E-state index in [1.54, 1.807) is 63.0 Å². The summed E-state index contributed by atoms with van der Waals surface area (Å²) in [7, 11) is 0. The van der Waals surface area contributed by atoms with Gasteiger partial charge in [-0.15, -0.1) is 0 Å². The van der Waals surface area contributed by atoms with E-state index in [2.05, 4.69) is 4.90 Å². The fourth-order valence-electron chi connectivity index (χ4n) is 7.48. The third kappa shape index (κ3) is 14.0. The van der Waals surface area contributed by atoms with E-state index in [1.807, 2.05) is 20.8 Å². The van der Waals surface area contributed by atoms with Crippen molar-refractivity contribution in [3.05, 3.63) is 36.0 Å². The Bertz CT molecular complexity index is 1170. The van der Waals surface area contributed by atoms with Crippen LogP contribution in [0.1, 0.15) is 126 Å². The molecule has 3 aliphatic rings. The van der Waals surface area contributed by atoms with Gasteiger partial charge in [0.25, 0.3) is 0 Å². The van der Waals surface area contributed by atoms with Crippen LogP contribution in [0.2, 0.25) is 0 Å². The van der Waals surface area contributed by atoms with E-state index < -0.39 is 41.5 Å². The summed E-state index contributed by atoms with van der Waals surface area (Å²) in [5.41, 5.74) is -2.11. The Morgan fingerprint density at radius 3 is 2.18 bits per heavy atom. The predicted molar refractivity (Wildman–Crippen MR) is 201 cm³/mol. The molecule has 10 heteroatoms. The van der Waals surface area contributed by atoms with Crippen LogP contribution in [0.25, 0.3) is 0 Å². The standard InChI is InChI=1S/C41H70N2O8/c1-8-33(44)21-23-41(7,49)36(51-39(47)43-26-24-42(25-27-43)32-17-13-11-10-12-14-18-32)20-19-30(4)37(46)29(3)16-15-22-40(6,48)28-35-38(50-35)31(5)34(45)9-2/h15-16,19-20,22,30-36,38,44-45,48-49H,8-14,17-18,21,23-28H2,1-7H3/b20-19+,22-15+,29-16+. The van der Waals surface area contributed by atoms with Crippen molar-refractivity contribution in [3.63, 3.8) is 0 Å². The maximum atomic E-state index is 13.5. The number of nitrogens with zero attached hydrogens (tertiary/aromatic N) is 2. The van der Waals surface area contributed by atoms with E-state index >= 15 is 0 Å². The van der Waals surface area contributed by atoms with Gasteiger partial charge in [-0.3, -0.25) is 9.69 Å². The zero-order valence-corrected chi connectivity index (χ0v) is 32.6. The molecule has 0 radical (unpaired) electrons. The average molecular weight is 719 g/mol. The summed E-state index contributed by atoms with van der Waals surface area (Å²) in [6, 6.07) is 0.574. The van der Waals surface area contributed by atoms with Gasteiger partial charge in [-0.2, -0.15) is 0 Å². The molecule has 10 nitrogen and oxygen atoms in total. The van der Waals surface area contributed by atoms with Gasteiger partial charge in [0.2, 0.25) is 0 Å². The molecule has 2 saturated heterocycles. The zero-order valence-electron chi connectivity index (χ0n) is 32.6. The number of amides is 1. The Balaban J connectivity index is 1.61. The number of aliphatic hydroxyl groups excluding tert-OH is 2. The van der Waals surface area contributed by atoms with Crippen molar-refractivity contribution in [1.82, 2.24) is 9.80 Å². The van der Waals surface area contributed by atoms with Crippen LogP contribution in [0, 0.1) is 11.8 Å². The van der Waals surface area contributed by atoms with Crippen LogP contribution < -0.4 is 0 Å². The Kier molecular flexibility index (Phi) is 17.3. The molecule has 2 aliphatic heterocycles. The SMILES string of the molecule is CCC(O)CCC(C)(O)C(/C=C/C(C)C(=O)/C(C)=C/C=C/C(C)(O)CC1OC1C(C)C(O)CC)OC(=O)N1CCN(C2CCCCCCC2)CC1. The second kappa shape index (κ2) is 20.4. The average Bonchev–Trinajstić information content (AvgIpc) is 3.85. The highest BCUT2D eigenvalue weighted by molar-refractivity contribution is 5.97. The maximum absolute atomic E-state index is 13.5. The summed E-state index contributed by atoms with van der Waals surface area (Å²) >= 11 is 0. The Morgan fingerprint density at radius 2 is 1.57 bits per heavy atom. The predicted octanol–water partition coefficient (Wildman–Crippen LogP) is 6.10. The first kappa shape index (κ1) is 43.3. The lowest BCUT2D eigenvalue weighted by Gasteiger charge is -2.40. The van der Waals surface area contributed by atoms with E-state index in [0.717, 1.165) is 13.1 Å². The first-order valence-corrected chi connectivity index (χ1v) is 19.8. The fourth-order valence-corrected chi connectivity index (χ4v) is 7.48. The van der Waals surface area contributed by atoms with Crippen molar-refractivity contribution >= 4 is 11.9 Å². The summed E-state index contributed by atoms with van der Waals surface area (Å²) in [4.78, 5) is 31.0. The van der Waals surface area contributed by atoms with Crippen molar-refractivity contribution < 1.29 is 39.5 Å². The number of carbonyl (C=O) groups excluding carboxylic acids is 2. The lowest BCUT2D eigenvalue weighted by Crippen LogP contribution is -2.53. The first-order valence-electron chi connectivity index (χ1n) is 19.8. The van der Waals surface area contributed by atoms with Gasteiger partial charge in [0.1, 0.15) is 5.60 Å². The lowest BCUT2D eigenvalue weighted by molar-refractivity contribution is -0.117. The highest BCUT2D eigenvalue weighted by Crippen LogP contribution is 2.37. The van der Waals surface area contributed by atoms with Gasteiger partial charge in [0.15, 0.2) is 11.9 Å². The molecule has 4 N–H and O–H groups in total. The van der Waals surface area contributed by atoms with E-state index in [-0.39, 0.29) is 30.3 Å². The highest BCUT2D eigenvalue weighted by Gasteiger charge is 2.47. The van der Waals surface area contributed by atoms with Crippen molar-refractivity contribution in [2.75, 3.05) is 26.2 Å². The number of aliphatic hydroxyl groups is 4. The molecule has 51 heavy (non-hydrogen) atoms. The van der Waals surface area contributed by atoms with E-state index in [0.29, 0.717) is 50.4 Å². The zero-order chi connectivity index (χ0) is 37.8. The van der Waals surface area contributed by atoms with Crippen LogP contribution in [0.3, 0.4) is 0 Å². The number of hydrogen-bond donors (Lipinski definition) is 4. The van der Waals surface area contributed by atoms with Crippen LogP contribution in [-0.2, 0) is 14.3 Å². The van der Waals surface area contributed by atoms with Gasteiger partial charge in [-0.1, -0.05) is 84.1 Å². The third-order valence-corrected chi connectivity index (χ3v) is 11.4. The number of piperazine rings is 1. The van der Waals surface area contributed by atoms with Gasteiger partial charge in [-0.25, -0.2) is 4.79 Å². The van der Waals surface area contributed by atoms with Crippen LogP contribution in [0.5, 0.6) is 0 Å². The highest BCUT2D eigenvalue weighted by atomic mass is 16.6. The molecule has 3 rings (SSSR count). The van der Waals surface area contributed by atoms with Gasteiger partial charge < -0.3 is 34.8 Å². The molecule has 2 heterocycles. The second-order valence-corrected chi connectivity index (χ2v) is 16.1. The Labute approximate surface area is 307 Å². The number of hydrogen-bond acceptors (Lipinski definition) is 9. The van der Waals surface area contributed by atoms with Crippen molar-refractivity contribution in [1.29, 1.82) is 0 Å². The molecule has 1 aliphatic carbocycles. The molecule has 3 fully saturated rings. The number of carbonyl (C=O) groups is 2. The van der Waals surface area contributed by atoms with Gasteiger partial charge >= 0.3 is 6.09 Å². The Morgan fingerprint density at radius 1 is 0.941 bits per heavy atom. The molecule has 0 aromatic carbocycles. The molecule has 1 saturated carbocycles. The number of epoxide rings is 1. The molecule has 292 valence electrons. The minimum absolute atomic E-state index is 0.0000766. The smallest absolute Gasteiger partial charge is 0.410 e. The van der Waals surface area contributed by atoms with Crippen molar-refractivity contribution in [3.8, 4) is 0 Å². The summed E-state index contributed by atoms with van der Waals surface area (Å²) in [6.07, 6.45) is 16.7. The first-order chi connectivity index (χ1) is 24.1. The minimum Gasteiger partial charge on any atom is -0.439 e. The number of Topliss-reactive ketones (excluding diaryl/α,β-unsaturated/α-hetero) is 1. The van der Waals surface area contributed by atoms with E-state index in [9.17, 15) is 30.0 Å². The quantitative estimate of drug-likeness (QED) is 0.0572. The van der Waals surface area contributed by atoms with Crippen LogP contribution in [0.15, 0.2) is 36.0 Å². The molecule has 0 aromatic heterocycles. The normalized spacial score (nSPS) is 26.8. The fraction of sp³-hybridized carbons (Fsp3) is 0.805. The number of rotatable bonds is 18. The minimum atomic E-state index is -1.46. The van der Waals surface area contributed by atoms with Gasteiger partial charge in [-0.05, 0) is 70.9 Å². The topological polar surface area (TPSA) is 143 Å². The molecule has 9 unspecified atom stereocenters. The Hall–Kier alpha value is -2.08. The van der Waals surface area contributed by atoms with Gasteiger partial charge in [0.05, 0.1) is 30.0 Å². The number of ether oxygens (including phenoxy) is 2. The van der Waals surface area contributed by atoms with E-state index in [1.165, 1.54) is 44.9 Å². The van der Waals surface area contributed by atoms with Crippen molar-refractivity contribution in [2.24, 2.45) is 11.8 Å². The number of allylic oxidation sites excluding steroid dienone is 4. The summed E-state index contributed by atoms with van der Waals surface area (Å²) < 4.78 is 11.7. The molecule has 1 amide bonds. The summed E-state index contributed by atoms with van der Waals surface area (Å²) in [5.74, 6) is -0.701. The van der Waals surface area contributed by atoms with Gasteiger partial charge in [0, 0.05) is 50.5 Å². The van der Waals surface area contributed by atoms with Crippen LogP contribution in [-0.4, -0.2) is 116 Å². The van der Waals surface area contributed by atoms with Crippen LogP contribution >= 0.6 is 0 Å². The molecule has 0 spiro atoms.